The van der Waals surface area contributed by atoms with Crippen molar-refractivity contribution < 1.29 is 4.79 Å². The molecular formula is C18H16N6O3S. The molecule has 0 spiro atoms. The van der Waals surface area contributed by atoms with Crippen molar-refractivity contribution in [2.45, 2.75) is 12.8 Å². The number of aromatic nitrogens is 5. The zero-order valence-electron chi connectivity index (χ0n) is 14.9. The first-order chi connectivity index (χ1) is 13.5. The molecule has 10 heteroatoms. The molecule has 0 atom stereocenters. The minimum absolute atomic E-state index is 0.176. The third-order valence-corrected chi connectivity index (χ3v) is 5.06. The summed E-state index contributed by atoms with van der Waals surface area (Å²) in [6.45, 7) is 0. The molecule has 9 nitrogen and oxygen atoms in total. The van der Waals surface area contributed by atoms with E-state index in [1.807, 2.05) is 29.6 Å². The molecule has 4 aromatic rings. The number of nitrogens with zero attached hydrogens (tertiary/aromatic N) is 3. The highest BCUT2D eigenvalue weighted by Gasteiger charge is 2.12. The molecule has 3 N–H and O–H groups in total. The Kier molecular flexibility index (Phi) is 4.62. The number of benzene rings is 1. The van der Waals surface area contributed by atoms with E-state index in [0.717, 1.165) is 10.6 Å². The largest absolute Gasteiger partial charge is 0.336 e. The van der Waals surface area contributed by atoms with Crippen molar-refractivity contribution in [3.63, 3.8) is 0 Å². The van der Waals surface area contributed by atoms with Gasteiger partial charge in [-0.1, -0.05) is 0 Å². The number of imidazole rings is 1. The minimum Gasteiger partial charge on any atom is -0.336 e. The number of hydrogen-bond acceptors (Lipinski definition) is 6. The van der Waals surface area contributed by atoms with Gasteiger partial charge in [-0.2, -0.15) is 0 Å². The molecular weight excluding hydrogens is 380 g/mol. The van der Waals surface area contributed by atoms with E-state index in [1.54, 1.807) is 17.5 Å². The van der Waals surface area contributed by atoms with Gasteiger partial charge in [0.2, 0.25) is 5.91 Å². The minimum atomic E-state index is -0.533. The highest BCUT2D eigenvalue weighted by molar-refractivity contribution is 7.13. The number of thiazole rings is 1. The van der Waals surface area contributed by atoms with Crippen molar-refractivity contribution in [1.82, 2.24) is 24.5 Å². The summed E-state index contributed by atoms with van der Waals surface area (Å²) >= 11 is 1.55. The van der Waals surface area contributed by atoms with E-state index in [4.69, 9.17) is 0 Å². The van der Waals surface area contributed by atoms with Crippen LogP contribution >= 0.6 is 11.3 Å². The number of aromatic amines is 2. The van der Waals surface area contributed by atoms with Crippen molar-refractivity contribution in [3.8, 4) is 10.6 Å². The van der Waals surface area contributed by atoms with Crippen LogP contribution in [0.5, 0.6) is 0 Å². The number of H-pyrrole nitrogens is 2. The maximum atomic E-state index is 12.2. The summed E-state index contributed by atoms with van der Waals surface area (Å²) < 4.78 is 1.25. The standard InChI is InChI=1S/C18H16N6O3S/c1-24-15-14(16(26)23-18(24)27)21-12(22-15)6-7-13(25)20-11-4-2-10(3-5-11)17-19-8-9-28-17/h2-5,8-9H,6-7H2,1H3,(H,20,25)(H,21,22)(H,23,26,27). The maximum absolute atomic E-state index is 12.2. The summed E-state index contributed by atoms with van der Waals surface area (Å²) in [5, 5.41) is 5.66. The van der Waals surface area contributed by atoms with Gasteiger partial charge >= 0.3 is 5.69 Å². The van der Waals surface area contributed by atoms with Gasteiger partial charge in [0, 0.05) is 42.7 Å². The molecule has 1 aromatic carbocycles. The molecule has 0 saturated heterocycles. The van der Waals surface area contributed by atoms with Crippen LogP contribution in [0.25, 0.3) is 21.7 Å². The number of anilines is 1. The van der Waals surface area contributed by atoms with Crippen molar-refractivity contribution in [1.29, 1.82) is 0 Å². The fourth-order valence-electron chi connectivity index (χ4n) is 2.79. The number of nitrogens with one attached hydrogen (secondary N) is 3. The Bertz CT molecular complexity index is 1250. The van der Waals surface area contributed by atoms with Crippen molar-refractivity contribution in [3.05, 3.63) is 62.5 Å². The van der Waals surface area contributed by atoms with Crippen LogP contribution < -0.4 is 16.6 Å². The smallest absolute Gasteiger partial charge is 0.329 e. The predicted octanol–water partition coefficient (Wildman–Crippen LogP) is 1.64. The highest BCUT2D eigenvalue weighted by Crippen LogP contribution is 2.23. The zero-order chi connectivity index (χ0) is 19.7. The monoisotopic (exact) mass is 396 g/mol. The Morgan fingerprint density at radius 3 is 2.71 bits per heavy atom. The maximum Gasteiger partial charge on any atom is 0.329 e. The van der Waals surface area contributed by atoms with Gasteiger partial charge in [-0.3, -0.25) is 19.1 Å². The summed E-state index contributed by atoms with van der Waals surface area (Å²) in [7, 11) is 1.52. The Balaban J connectivity index is 1.41. The van der Waals surface area contributed by atoms with Gasteiger partial charge < -0.3 is 10.3 Å². The number of carbonyl (C=O) groups is 1. The average molecular weight is 396 g/mol. The highest BCUT2D eigenvalue weighted by atomic mass is 32.1. The molecule has 28 heavy (non-hydrogen) atoms. The molecule has 3 heterocycles. The Labute approximate surface area is 162 Å². The van der Waals surface area contributed by atoms with Gasteiger partial charge in [-0.25, -0.2) is 14.8 Å². The zero-order valence-corrected chi connectivity index (χ0v) is 15.7. The lowest BCUT2D eigenvalue weighted by atomic mass is 10.2. The average Bonchev–Trinajstić information content (AvgIpc) is 3.36. The van der Waals surface area contributed by atoms with E-state index in [1.165, 1.54) is 11.6 Å². The second-order valence-corrected chi connectivity index (χ2v) is 7.06. The number of fused-ring (bicyclic) bond motifs is 1. The van der Waals surface area contributed by atoms with E-state index < -0.39 is 11.2 Å². The number of aryl methyl sites for hydroxylation is 2. The van der Waals surface area contributed by atoms with Gasteiger partial charge in [-0.05, 0) is 24.3 Å². The van der Waals surface area contributed by atoms with Crippen LogP contribution in [0.4, 0.5) is 5.69 Å². The fraction of sp³-hybridized carbons (Fsp3) is 0.167. The lowest BCUT2D eigenvalue weighted by molar-refractivity contribution is -0.116. The molecule has 0 unspecified atom stereocenters. The van der Waals surface area contributed by atoms with Crippen LogP contribution in [0.3, 0.4) is 0 Å². The first-order valence-electron chi connectivity index (χ1n) is 8.49. The Morgan fingerprint density at radius 1 is 1.21 bits per heavy atom. The summed E-state index contributed by atoms with van der Waals surface area (Å²) in [5.74, 6) is 0.293. The predicted molar refractivity (Wildman–Crippen MR) is 106 cm³/mol. The molecule has 3 aromatic heterocycles. The summed E-state index contributed by atoms with van der Waals surface area (Å²) in [6.07, 6.45) is 2.24. The Morgan fingerprint density at radius 2 is 2.00 bits per heavy atom. The summed E-state index contributed by atoms with van der Waals surface area (Å²) in [4.78, 5) is 49.3. The van der Waals surface area contributed by atoms with Crippen LogP contribution in [0.1, 0.15) is 12.2 Å². The van der Waals surface area contributed by atoms with E-state index in [2.05, 4.69) is 25.3 Å². The van der Waals surface area contributed by atoms with E-state index in [-0.39, 0.29) is 23.5 Å². The molecule has 142 valence electrons. The van der Waals surface area contributed by atoms with Crippen molar-refractivity contribution in [2.24, 2.45) is 7.05 Å². The van der Waals surface area contributed by atoms with Gasteiger partial charge in [0.1, 0.15) is 16.3 Å². The number of amides is 1. The molecule has 0 aliphatic heterocycles. The van der Waals surface area contributed by atoms with E-state index in [9.17, 15) is 14.4 Å². The molecule has 0 aliphatic rings. The summed E-state index contributed by atoms with van der Waals surface area (Å²) in [6, 6.07) is 7.46. The molecule has 0 aliphatic carbocycles. The molecule has 0 saturated carbocycles. The van der Waals surface area contributed by atoms with Crippen LogP contribution in [-0.4, -0.2) is 30.4 Å². The second-order valence-electron chi connectivity index (χ2n) is 6.16. The number of carbonyl (C=O) groups excluding carboxylic acids is 1. The topological polar surface area (TPSA) is 126 Å². The van der Waals surface area contributed by atoms with E-state index in [0.29, 0.717) is 17.9 Å². The van der Waals surface area contributed by atoms with Crippen LogP contribution in [0, 0.1) is 0 Å². The second kappa shape index (κ2) is 7.24. The molecule has 0 bridgehead atoms. The van der Waals surface area contributed by atoms with Crippen LogP contribution in [-0.2, 0) is 18.3 Å². The lowest BCUT2D eigenvalue weighted by Gasteiger charge is -2.05. The Hall–Kier alpha value is -3.53. The third-order valence-electron chi connectivity index (χ3n) is 4.24. The normalized spacial score (nSPS) is 11.0. The van der Waals surface area contributed by atoms with Crippen LogP contribution in [0.2, 0.25) is 0 Å². The summed E-state index contributed by atoms with van der Waals surface area (Å²) in [5.41, 5.74) is 1.10. The third kappa shape index (κ3) is 3.49. The SMILES string of the molecule is Cn1c(=O)[nH]c(=O)c2[nH]c(CCC(=O)Nc3ccc(-c4nccs4)cc3)nc21. The first kappa shape index (κ1) is 17.9. The van der Waals surface area contributed by atoms with Crippen molar-refractivity contribution >= 4 is 34.1 Å². The van der Waals surface area contributed by atoms with Crippen LogP contribution in [0.15, 0.2) is 45.4 Å². The van der Waals surface area contributed by atoms with Gasteiger partial charge in [0.15, 0.2) is 5.65 Å². The van der Waals surface area contributed by atoms with Crippen molar-refractivity contribution in [2.75, 3.05) is 5.32 Å². The first-order valence-corrected chi connectivity index (χ1v) is 9.37. The van der Waals surface area contributed by atoms with E-state index >= 15 is 0 Å². The van der Waals surface area contributed by atoms with Gasteiger partial charge in [-0.15, -0.1) is 11.3 Å². The van der Waals surface area contributed by atoms with Gasteiger partial charge in [0.05, 0.1) is 0 Å². The van der Waals surface area contributed by atoms with Gasteiger partial charge in [0.25, 0.3) is 5.56 Å². The molecule has 1 amide bonds. The number of rotatable bonds is 5. The number of hydrogen-bond donors (Lipinski definition) is 3. The lowest BCUT2D eigenvalue weighted by Crippen LogP contribution is -2.28. The fourth-order valence-corrected chi connectivity index (χ4v) is 3.43. The molecule has 4 rings (SSSR count). The molecule has 0 radical (unpaired) electrons. The quantitative estimate of drug-likeness (QED) is 0.473. The molecule has 0 fully saturated rings.